The maximum atomic E-state index is 10.5. The molecule has 0 unspecified atom stereocenters. The Hall–Kier alpha value is -1.23. The van der Waals surface area contributed by atoms with E-state index in [2.05, 4.69) is 10.3 Å². The monoisotopic (exact) mass is 200 g/mol. The topological polar surface area (TPSA) is 59.1 Å². The Morgan fingerprint density at radius 1 is 1.62 bits per heavy atom. The van der Waals surface area contributed by atoms with Gasteiger partial charge in [-0.25, -0.2) is 4.98 Å². The molecule has 72 valence electrons. The van der Waals surface area contributed by atoms with E-state index in [-0.39, 0.29) is 5.91 Å². The van der Waals surface area contributed by atoms with Crippen LogP contribution in [-0.2, 0) is 4.79 Å². The molecule has 0 aliphatic rings. The van der Waals surface area contributed by atoms with Gasteiger partial charge in [-0.1, -0.05) is 13.8 Å². The van der Waals surface area contributed by atoms with Gasteiger partial charge in [0, 0.05) is 12.3 Å². The van der Waals surface area contributed by atoms with Crippen LogP contribution in [0.15, 0.2) is 5.38 Å². The Morgan fingerprint density at radius 2 is 2.23 bits per heavy atom. The lowest BCUT2D eigenvalue weighted by Crippen LogP contribution is -2.05. The summed E-state index contributed by atoms with van der Waals surface area (Å²) in [6, 6.07) is 0. The lowest BCUT2D eigenvalue weighted by atomic mass is 10.6. The smallest absolute Gasteiger partial charge is 0.223 e. The summed E-state index contributed by atoms with van der Waals surface area (Å²) in [7, 11) is 0. The number of thiazole rings is 1. The molecule has 0 spiro atoms. The van der Waals surface area contributed by atoms with Crippen molar-refractivity contribution in [1.82, 2.24) is 4.98 Å². The van der Waals surface area contributed by atoms with Gasteiger partial charge in [0.2, 0.25) is 5.91 Å². The number of hydrogen-bond acceptors (Lipinski definition) is 4. The van der Waals surface area contributed by atoms with E-state index in [4.69, 9.17) is 0 Å². The van der Waals surface area contributed by atoms with Crippen LogP contribution in [0.25, 0.3) is 0 Å². The number of hydrogen-bond donors (Lipinski definition) is 1. The highest BCUT2D eigenvalue weighted by Crippen LogP contribution is 2.13. The first kappa shape index (κ1) is 11.8. The third-order valence-electron chi connectivity index (χ3n) is 0.926. The van der Waals surface area contributed by atoms with Crippen molar-refractivity contribution in [2.75, 3.05) is 5.32 Å². The molecule has 5 heteroatoms. The summed E-state index contributed by atoms with van der Waals surface area (Å²) in [4.78, 5) is 24.4. The van der Waals surface area contributed by atoms with E-state index >= 15 is 0 Å². The second-order valence-corrected chi connectivity index (χ2v) is 2.73. The van der Waals surface area contributed by atoms with E-state index < -0.39 is 0 Å². The SMILES string of the molecule is CC.CC(=O)Nc1nc(C=O)cs1. The fourth-order valence-corrected chi connectivity index (χ4v) is 1.25. The first-order chi connectivity index (χ1) is 6.22. The quantitative estimate of drug-likeness (QED) is 0.742. The lowest BCUT2D eigenvalue weighted by Gasteiger charge is -1.91. The van der Waals surface area contributed by atoms with Crippen LogP contribution in [0.5, 0.6) is 0 Å². The van der Waals surface area contributed by atoms with Crippen LogP contribution < -0.4 is 5.32 Å². The minimum Gasteiger partial charge on any atom is -0.302 e. The number of nitrogens with one attached hydrogen (secondary N) is 1. The van der Waals surface area contributed by atoms with Crippen molar-refractivity contribution in [3.63, 3.8) is 0 Å². The van der Waals surface area contributed by atoms with Crippen LogP contribution >= 0.6 is 11.3 Å². The van der Waals surface area contributed by atoms with Gasteiger partial charge in [0.1, 0.15) is 5.69 Å². The van der Waals surface area contributed by atoms with E-state index in [0.717, 1.165) is 0 Å². The normalized spacial score (nSPS) is 8.23. The number of anilines is 1. The molecule has 1 aromatic heterocycles. The number of amides is 1. The molecular formula is C8H12N2O2S. The molecule has 1 aromatic rings. The number of aldehydes is 1. The van der Waals surface area contributed by atoms with Crippen LogP contribution in [0.4, 0.5) is 5.13 Å². The van der Waals surface area contributed by atoms with Crippen molar-refractivity contribution < 1.29 is 9.59 Å². The van der Waals surface area contributed by atoms with Crippen LogP contribution in [0.1, 0.15) is 31.3 Å². The van der Waals surface area contributed by atoms with Crippen LogP contribution in [0.3, 0.4) is 0 Å². The Bertz CT molecular complexity index is 283. The zero-order valence-corrected chi connectivity index (χ0v) is 8.64. The first-order valence-corrected chi connectivity index (χ1v) is 4.78. The molecule has 13 heavy (non-hydrogen) atoms. The zero-order valence-electron chi connectivity index (χ0n) is 7.83. The maximum absolute atomic E-state index is 10.5. The number of nitrogens with zero attached hydrogens (tertiary/aromatic N) is 1. The third kappa shape index (κ3) is 4.37. The molecule has 0 aromatic carbocycles. The summed E-state index contributed by atoms with van der Waals surface area (Å²) in [5.41, 5.74) is 0.346. The van der Waals surface area contributed by atoms with Gasteiger partial charge in [0.15, 0.2) is 11.4 Å². The summed E-state index contributed by atoms with van der Waals surface area (Å²) in [6.45, 7) is 5.39. The van der Waals surface area contributed by atoms with E-state index in [1.54, 1.807) is 5.38 Å². The number of carbonyl (C=O) groups excluding carboxylic acids is 2. The average molecular weight is 200 g/mol. The van der Waals surface area contributed by atoms with Gasteiger partial charge in [0.05, 0.1) is 0 Å². The Labute approximate surface area is 81.0 Å². The van der Waals surface area contributed by atoms with E-state index in [1.807, 2.05) is 13.8 Å². The molecule has 0 atom stereocenters. The van der Waals surface area contributed by atoms with Gasteiger partial charge in [-0.15, -0.1) is 11.3 Å². The van der Waals surface area contributed by atoms with Crippen molar-refractivity contribution >= 4 is 28.7 Å². The van der Waals surface area contributed by atoms with Gasteiger partial charge in [-0.2, -0.15) is 0 Å². The Morgan fingerprint density at radius 3 is 2.62 bits per heavy atom. The fraction of sp³-hybridized carbons (Fsp3) is 0.375. The summed E-state index contributed by atoms with van der Waals surface area (Å²) in [5.74, 6) is -0.184. The fourth-order valence-electron chi connectivity index (χ4n) is 0.548. The predicted octanol–water partition coefficient (Wildman–Crippen LogP) is 1.94. The predicted molar refractivity (Wildman–Crippen MR) is 53.2 cm³/mol. The molecule has 1 N–H and O–H groups in total. The van der Waals surface area contributed by atoms with Crippen molar-refractivity contribution in [2.24, 2.45) is 0 Å². The highest BCUT2D eigenvalue weighted by atomic mass is 32.1. The highest BCUT2D eigenvalue weighted by Gasteiger charge is 2.00. The number of rotatable bonds is 2. The molecule has 1 heterocycles. The van der Waals surface area contributed by atoms with Gasteiger partial charge in [0.25, 0.3) is 0 Å². The highest BCUT2D eigenvalue weighted by molar-refractivity contribution is 7.14. The number of carbonyl (C=O) groups is 2. The minimum absolute atomic E-state index is 0.184. The molecule has 0 radical (unpaired) electrons. The van der Waals surface area contributed by atoms with Gasteiger partial charge >= 0.3 is 0 Å². The van der Waals surface area contributed by atoms with Crippen molar-refractivity contribution in [2.45, 2.75) is 20.8 Å². The van der Waals surface area contributed by atoms with Crippen LogP contribution in [0.2, 0.25) is 0 Å². The molecule has 0 bridgehead atoms. The second-order valence-electron chi connectivity index (χ2n) is 1.88. The summed E-state index contributed by atoms with van der Waals surface area (Å²) in [5, 5.41) is 4.51. The molecule has 0 aliphatic carbocycles. The van der Waals surface area contributed by atoms with Crippen LogP contribution in [-0.4, -0.2) is 17.2 Å². The molecule has 0 saturated carbocycles. The molecule has 4 nitrogen and oxygen atoms in total. The third-order valence-corrected chi connectivity index (χ3v) is 1.70. The van der Waals surface area contributed by atoms with Crippen molar-refractivity contribution in [3.05, 3.63) is 11.1 Å². The molecule has 0 saturated heterocycles. The minimum atomic E-state index is -0.184. The molecular weight excluding hydrogens is 188 g/mol. The average Bonchev–Trinajstić information content (AvgIpc) is 2.55. The molecule has 1 rings (SSSR count). The van der Waals surface area contributed by atoms with Crippen molar-refractivity contribution in [3.8, 4) is 0 Å². The molecule has 0 aliphatic heterocycles. The maximum Gasteiger partial charge on any atom is 0.223 e. The van der Waals surface area contributed by atoms with Gasteiger partial charge in [-0.05, 0) is 0 Å². The van der Waals surface area contributed by atoms with E-state index in [9.17, 15) is 9.59 Å². The lowest BCUT2D eigenvalue weighted by molar-refractivity contribution is -0.114. The number of aromatic nitrogens is 1. The second kappa shape index (κ2) is 6.30. The Balaban J connectivity index is 0.000000671. The standard InChI is InChI=1S/C6H6N2O2S.C2H6/c1-4(10)7-6-8-5(2-9)3-11-6;1-2/h2-3H,1H3,(H,7,8,10);1-2H3. The molecule has 0 fully saturated rings. The van der Waals surface area contributed by atoms with Gasteiger partial charge < -0.3 is 5.32 Å². The summed E-state index contributed by atoms with van der Waals surface area (Å²) < 4.78 is 0. The largest absolute Gasteiger partial charge is 0.302 e. The van der Waals surface area contributed by atoms with E-state index in [0.29, 0.717) is 17.1 Å². The van der Waals surface area contributed by atoms with E-state index in [1.165, 1.54) is 18.3 Å². The zero-order chi connectivity index (χ0) is 10.3. The summed E-state index contributed by atoms with van der Waals surface area (Å²) in [6.07, 6.45) is 0.641. The van der Waals surface area contributed by atoms with Gasteiger partial charge in [-0.3, -0.25) is 9.59 Å². The van der Waals surface area contributed by atoms with Crippen molar-refractivity contribution in [1.29, 1.82) is 0 Å². The van der Waals surface area contributed by atoms with Crippen LogP contribution in [0, 0.1) is 0 Å². The molecule has 1 amide bonds. The first-order valence-electron chi connectivity index (χ1n) is 3.90. The summed E-state index contributed by atoms with van der Waals surface area (Å²) >= 11 is 1.23. The Kier molecular flexibility index (Phi) is 5.71.